The number of aromatic nitrogens is 1. The third-order valence-electron chi connectivity index (χ3n) is 3.83. The Morgan fingerprint density at radius 2 is 2.24 bits per heavy atom. The van der Waals surface area contributed by atoms with Gasteiger partial charge in [-0.25, -0.2) is 4.98 Å². The Morgan fingerprint density at radius 3 is 2.95 bits per heavy atom. The van der Waals surface area contributed by atoms with Crippen molar-refractivity contribution in [2.45, 2.75) is 18.9 Å². The van der Waals surface area contributed by atoms with Crippen molar-refractivity contribution in [3.8, 4) is 0 Å². The number of carbonyl (C=O) groups excluding carboxylic acids is 1. The van der Waals surface area contributed by atoms with Gasteiger partial charge in [-0.2, -0.15) is 0 Å². The van der Waals surface area contributed by atoms with Gasteiger partial charge in [0.25, 0.3) is 0 Å². The molecular formula is C16H18N2O2S. The highest BCUT2D eigenvalue weighted by Crippen LogP contribution is 2.33. The summed E-state index contributed by atoms with van der Waals surface area (Å²) >= 11 is 1.46. The van der Waals surface area contributed by atoms with Crippen LogP contribution in [0.5, 0.6) is 0 Å². The van der Waals surface area contributed by atoms with E-state index in [2.05, 4.69) is 34.1 Å². The van der Waals surface area contributed by atoms with Gasteiger partial charge < -0.3 is 9.64 Å². The van der Waals surface area contributed by atoms with Gasteiger partial charge in [0.2, 0.25) is 0 Å². The number of nitrogens with zero attached hydrogens (tertiary/aromatic N) is 2. The second kappa shape index (κ2) is 6.37. The normalized spacial score (nSPS) is 18.1. The number of carbonyl (C=O) groups is 1. The molecule has 1 fully saturated rings. The Kier molecular flexibility index (Phi) is 4.31. The van der Waals surface area contributed by atoms with Gasteiger partial charge in [0, 0.05) is 26.1 Å². The number of hydrogen-bond donors (Lipinski definition) is 0. The first-order chi connectivity index (χ1) is 10.3. The van der Waals surface area contributed by atoms with E-state index in [0.717, 1.165) is 36.6 Å². The predicted octanol–water partition coefficient (Wildman–Crippen LogP) is 3.10. The SMILES string of the molecule is COCc1nc(N2CCC(c3ccccc3)C2)sc1C=O. The zero-order valence-corrected chi connectivity index (χ0v) is 12.8. The smallest absolute Gasteiger partial charge is 0.186 e. The summed E-state index contributed by atoms with van der Waals surface area (Å²) in [5.74, 6) is 0.542. The van der Waals surface area contributed by atoms with Crippen molar-refractivity contribution in [1.82, 2.24) is 4.98 Å². The Labute approximate surface area is 128 Å². The molecule has 0 spiro atoms. The second-order valence-electron chi connectivity index (χ2n) is 5.20. The molecule has 0 amide bonds. The van der Waals surface area contributed by atoms with Crippen LogP contribution in [0.1, 0.15) is 33.3 Å². The van der Waals surface area contributed by atoms with E-state index < -0.39 is 0 Å². The van der Waals surface area contributed by atoms with E-state index in [9.17, 15) is 4.79 Å². The molecule has 2 aromatic rings. The average Bonchev–Trinajstić information content (AvgIpc) is 3.15. The molecule has 1 saturated heterocycles. The maximum atomic E-state index is 11.1. The van der Waals surface area contributed by atoms with Gasteiger partial charge in [-0.05, 0) is 12.0 Å². The fourth-order valence-corrected chi connectivity index (χ4v) is 3.67. The summed E-state index contributed by atoms with van der Waals surface area (Å²) in [5.41, 5.74) is 2.12. The van der Waals surface area contributed by atoms with Gasteiger partial charge in [-0.3, -0.25) is 4.79 Å². The van der Waals surface area contributed by atoms with Crippen LogP contribution in [0.25, 0.3) is 0 Å². The fourth-order valence-electron chi connectivity index (χ4n) is 2.75. The van der Waals surface area contributed by atoms with Crippen molar-refractivity contribution < 1.29 is 9.53 Å². The summed E-state index contributed by atoms with van der Waals surface area (Å²) < 4.78 is 5.10. The van der Waals surface area contributed by atoms with E-state index in [1.807, 2.05) is 6.07 Å². The van der Waals surface area contributed by atoms with Crippen LogP contribution >= 0.6 is 11.3 Å². The van der Waals surface area contributed by atoms with Crippen molar-refractivity contribution in [2.24, 2.45) is 0 Å². The maximum Gasteiger partial charge on any atom is 0.186 e. The summed E-state index contributed by atoms with van der Waals surface area (Å²) in [6.07, 6.45) is 2.00. The third-order valence-corrected chi connectivity index (χ3v) is 4.92. The Hall–Kier alpha value is -1.72. The van der Waals surface area contributed by atoms with Crippen molar-refractivity contribution in [1.29, 1.82) is 0 Å². The third kappa shape index (κ3) is 2.99. The lowest BCUT2D eigenvalue weighted by Crippen LogP contribution is -2.19. The topological polar surface area (TPSA) is 42.4 Å². The molecule has 21 heavy (non-hydrogen) atoms. The van der Waals surface area contributed by atoms with E-state index in [-0.39, 0.29) is 0 Å². The number of anilines is 1. The Morgan fingerprint density at radius 1 is 1.43 bits per heavy atom. The first-order valence-corrected chi connectivity index (χ1v) is 7.87. The molecule has 110 valence electrons. The summed E-state index contributed by atoms with van der Waals surface area (Å²) in [6, 6.07) is 10.6. The van der Waals surface area contributed by atoms with Crippen molar-refractivity contribution in [2.75, 3.05) is 25.1 Å². The summed E-state index contributed by atoms with van der Waals surface area (Å²) in [7, 11) is 1.62. The number of thiazole rings is 1. The molecule has 1 aliphatic rings. The molecule has 1 atom stereocenters. The molecule has 0 saturated carbocycles. The number of hydrogen-bond acceptors (Lipinski definition) is 5. The molecule has 5 heteroatoms. The van der Waals surface area contributed by atoms with Gasteiger partial charge in [0.15, 0.2) is 11.4 Å². The van der Waals surface area contributed by atoms with Crippen LogP contribution in [-0.4, -0.2) is 31.5 Å². The molecule has 4 nitrogen and oxygen atoms in total. The zero-order valence-electron chi connectivity index (χ0n) is 12.0. The first-order valence-electron chi connectivity index (χ1n) is 7.05. The minimum atomic E-state index is 0.389. The standard InChI is InChI=1S/C16H18N2O2S/c1-20-11-14-15(10-19)21-16(17-14)18-8-7-13(9-18)12-5-3-2-4-6-12/h2-6,10,13H,7-9,11H2,1H3. The molecule has 0 radical (unpaired) electrons. The van der Waals surface area contributed by atoms with E-state index in [0.29, 0.717) is 17.4 Å². The van der Waals surface area contributed by atoms with E-state index in [1.165, 1.54) is 16.9 Å². The molecule has 0 N–H and O–H groups in total. The number of ether oxygens (including phenoxy) is 1. The quantitative estimate of drug-likeness (QED) is 0.796. The minimum absolute atomic E-state index is 0.389. The average molecular weight is 302 g/mol. The molecule has 2 heterocycles. The number of rotatable bonds is 5. The highest BCUT2D eigenvalue weighted by Gasteiger charge is 2.26. The van der Waals surface area contributed by atoms with E-state index >= 15 is 0 Å². The minimum Gasteiger partial charge on any atom is -0.378 e. The van der Waals surface area contributed by atoms with Crippen molar-refractivity contribution in [3.05, 3.63) is 46.5 Å². The largest absolute Gasteiger partial charge is 0.378 e. The summed E-state index contributed by atoms with van der Waals surface area (Å²) in [4.78, 5) is 18.6. The molecule has 1 aromatic carbocycles. The van der Waals surface area contributed by atoms with Crippen LogP contribution in [0.4, 0.5) is 5.13 Å². The van der Waals surface area contributed by atoms with Crippen molar-refractivity contribution in [3.63, 3.8) is 0 Å². The molecule has 0 aliphatic carbocycles. The molecule has 1 aromatic heterocycles. The summed E-state index contributed by atoms with van der Waals surface area (Å²) in [6.45, 7) is 2.33. The molecule has 1 unspecified atom stereocenters. The molecule has 3 rings (SSSR count). The second-order valence-corrected chi connectivity index (χ2v) is 6.21. The van der Waals surface area contributed by atoms with Crippen LogP contribution < -0.4 is 4.90 Å². The lowest BCUT2D eigenvalue weighted by atomic mass is 9.99. The summed E-state index contributed by atoms with van der Waals surface area (Å²) in [5, 5.41) is 0.933. The van der Waals surface area contributed by atoms with Crippen LogP contribution in [0, 0.1) is 0 Å². The molecule has 0 bridgehead atoms. The van der Waals surface area contributed by atoms with Gasteiger partial charge in [0.1, 0.15) is 0 Å². The highest BCUT2D eigenvalue weighted by molar-refractivity contribution is 7.17. The number of methoxy groups -OCH3 is 1. The van der Waals surface area contributed by atoms with Gasteiger partial charge in [-0.15, -0.1) is 0 Å². The van der Waals surface area contributed by atoms with E-state index in [4.69, 9.17) is 4.74 Å². The van der Waals surface area contributed by atoms with Gasteiger partial charge in [0.05, 0.1) is 17.2 Å². The van der Waals surface area contributed by atoms with Crippen molar-refractivity contribution >= 4 is 22.8 Å². The van der Waals surface area contributed by atoms with Crippen LogP contribution in [0.15, 0.2) is 30.3 Å². The molecule has 1 aliphatic heterocycles. The molecular weight excluding hydrogens is 284 g/mol. The lowest BCUT2D eigenvalue weighted by Gasteiger charge is -2.15. The van der Waals surface area contributed by atoms with E-state index in [1.54, 1.807) is 7.11 Å². The first kappa shape index (κ1) is 14.2. The monoisotopic (exact) mass is 302 g/mol. The number of aldehydes is 1. The highest BCUT2D eigenvalue weighted by atomic mass is 32.1. The maximum absolute atomic E-state index is 11.1. The Bertz CT molecular complexity index is 612. The van der Waals surface area contributed by atoms with Gasteiger partial charge in [-0.1, -0.05) is 41.7 Å². The number of benzene rings is 1. The van der Waals surface area contributed by atoms with Gasteiger partial charge >= 0.3 is 0 Å². The fraction of sp³-hybridized carbons (Fsp3) is 0.375. The predicted molar refractivity (Wildman–Crippen MR) is 84.2 cm³/mol. The van der Waals surface area contributed by atoms with Crippen LogP contribution in [0.3, 0.4) is 0 Å². The zero-order chi connectivity index (χ0) is 14.7. The lowest BCUT2D eigenvalue weighted by molar-refractivity contribution is 0.112. The van der Waals surface area contributed by atoms with Crippen LogP contribution in [0.2, 0.25) is 0 Å². The van der Waals surface area contributed by atoms with Crippen LogP contribution in [-0.2, 0) is 11.3 Å². The Balaban J connectivity index is 1.75.